The molecular formula is C20H18F3N5O. The summed E-state index contributed by atoms with van der Waals surface area (Å²) in [5.41, 5.74) is 1.84. The molecule has 0 saturated heterocycles. The van der Waals surface area contributed by atoms with Gasteiger partial charge in [-0.1, -0.05) is 0 Å². The highest BCUT2D eigenvalue weighted by Gasteiger charge is 2.40. The van der Waals surface area contributed by atoms with Crippen LogP contribution >= 0.6 is 0 Å². The fraction of sp³-hybridized carbons (Fsp3) is 0.250. The van der Waals surface area contributed by atoms with E-state index in [1.807, 2.05) is 0 Å². The second kappa shape index (κ2) is 7.32. The van der Waals surface area contributed by atoms with Gasteiger partial charge in [0.15, 0.2) is 5.69 Å². The van der Waals surface area contributed by atoms with Gasteiger partial charge in [0, 0.05) is 43.2 Å². The molecule has 0 spiro atoms. The van der Waals surface area contributed by atoms with E-state index >= 15 is 0 Å². The lowest BCUT2D eigenvalue weighted by Crippen LogP contribution is -2.25. The lowest BCUT2D eigenvalue weighted by atomic mass is 10.1. The van der Waals surface area contributed by atoms with Gasteiger partial charge in [0.1, 0.15) is 0 Å². The maximum atomic E-state index is 13.7. The van der Waals surface area contributed by atoms with E-state index in [-0.39, 0.29) is 23.7 Å². The van der Waals surface area contributed by atoms with Crippen molar-refractivity contribution in [3.8, 4) is 5.69 Å². The molecule has 3 heterocycles. The summed E-state index contributed by atoms with van der Waals surface area (Å²) in [7, 11) is 0. The first-order valence-electron chi connectivity index (χ1n) is 9.05. The van der Waals surface area contributed by atoms with Crippen molar-refractivity contribution in [2.75, 3.05) is 11.9 Å². The molecule has 29 heavy (non-hydrogen) atoms. The van der Waals surface area contributed by atoms with E-state index < -0.39 is 11.9 Å². The largest absolute Gasteiger partial charge is 0.433 e. The van der Waals surface area contributed by atoms with E-state index in [9.17, 15) is 18.0 Å². The fourth-order valence-electron chi connectivity index (χ4n) is 3.37. The Hall–Kier alpha value is -3.20. The van der Waals surface area contributed by atoms with E-state index in [4.69, 9.17) is 0 Å². The predicted octanol–water partition coefficient (Wildman–Crippen LogP) is 3.49. The Morgan fingerprint density at radius 1 is 1.21 bits per heavy atom. The summed E-state index contributed by atoms with van der Waals surface area (Å²) in [6, 6.07) is 7.85. The first-order valence-corrected chi connectivity index (χ1v) is 9.05. The first-order chi connectivity index (χ1) is 13.8. The number of aryl methyl sites for hydroxylation is 1. The summed E-state index contributed by atoms with van der Waals surface area (Å²) < 4.78 is 42.0. The Kier molecular flexibility index (Phi) is 4.83. The van der Waals surface area contributed by atoms with Crippen LogP contribution in [0.15, 0.2) is 42.7 Å². The van der Waals surface area contributed by atoms with Gasteiger partial charge in [-0.3, -0.25) is 9.78 Å². The number of carbonyl (C=O) groups excluding carboxylic acids is 1. The number of hydrogen-bond acceptors (Lipinski definition) is 4. The van der Waals surface area contributed by atoms with Gasteiger partial charge in [0.2, 0.25) is 0 Å². The first kappa shape index (κ1) is 19.1. The van der Waals surface area contributed by atoms with Crippen LogP contribution in [0, 0.1) is 6.92 Å². The lowest BCUT2D eigenvalue weighted by Gasteiger charge is -2.15. The minimum atomic E-state index is -4.52. The SMILES string of the molecule is Cc1ccncc1C(=O)Nc1ccc(-n2nc3c(c2C(F)(F)F)CNCC3)cc1. The van der Waals surface area contributed by atoms with Gasteiger partial charge < -0.3 is 10.6 Å². The number of anilines is 1. The van der Waals surface area contributed by atoms with E-state index in [1.54, 1.807) is 31.3 Å². The van der Waals surface area contributed by atoms with Crippen LogP contribution in [0.2, 0.25) is 0 Å². The van der Waals surface area contributed by atoms with Crippen LogP contribution in [-0.4, -0.2) is 27.2 Å². The Bertz CT molecular complexity index is 1060. The number of fused-ring (bicyclic) bond motifs is 1. The molecule has 0 saturated carbocycles. The minimum absolute atomic E-state index is 0.142. The number of nitrogens with one attached hydrogen (secondary N) is 2. The van der Waals surface area contributed by atoms with Crippen molar-refractivity contribution in [2.45, 2.75) is 26.1 Å². The number of benzene rings is 1. The molecule has 6 nitrogen and oxygen atoms in total. The summed E-state index contributed by atoms with van der Waals surface area (Å²) in [5, 5.41) is 9.89. The van der Waals surface area contributed by atoms with Crippen LogP contribution in [0.4, 0.5) is 18.9 Å². The molecule has 0 unspecified atom stereocenters. The van der Waals surface area contributed by atoms with Crippen molar-refractivity contribution in [1.82, 2.24) is 20.1 Å². The number of halogens is 3. The highest BCUT2D eigenvalue weighted by molar-refractivity contribution is 6.05. The molecule has 3 aromatic rings. The average molecular weight is 401 g/mol. The molecule has 1 aliphatic heterocycles. The molecule has 1 amide bonds. The summed E-state index contributed by atoms with van der Waals surface area (Å²) in [6.45, 7) is 2.54. The van der Waals surface area contributed by atoms with Gasteiger partial charge in [-0.2, -0.15) is 18.3 Å². The second-order valence-electron chi connectivity index (χ2n) is 6.80. The van der Waals surface area contributed by atoms with Crippen molar-refractivity contribution < 1.29 is 18.0 Å². The van der Waals surface area contributed by atoms with E-state index in [2.05, 4.69) is 20.7 Å². The number of pyridine rings is 1. The van der Waals surface area contributed by atoms with Gasteiger partial charge in [-0.25, -0.2) is 4.68 Å². The minimum Gasteiger partial charge on any atom is -0.322 e. The maximum absolute atomic E-state index is 13.7. The molecule has 0 radical (unpaired) electrons. The second-order valence-corrected chi connectivity index (χ2v) is 6.80. The molecule has 0 bridgehead atoms. The smallest absolute Gasteiger partial charge is 0.322 e. The highest BCUT2D eigenvalue weighted by atomic mass is 19.4. The number of nitrogens with zero attached hydrogens (tertiary/aromatic N) is 3. The van der Waals surface area contributed by atoms with Crippen molar-refractivity contribution in [2.24, 2.45) is 0 Å². The fourth-order valence-corrected chi connectivity index (χ4v) is 3.37. The number of carbonyl (C=O) groups is 1. The standard InChI is InChI=1S/C20H18F3N5O/c1-12-6-8-24-10-15(12)19(29)26-13-2-4-14(5-3-13)28-18(20(21,22)23)16-11-25-9-7-17(16)27-28/h2-6,8,10,25H,7,9,11H2,1H3,(H,26,29). The Morgan fingerprint density at radius 2 is 1.97 bits per heavy atom. The van der Waals surface area contributed by atoms with E-state index in [1.165, 1.54) is 18.3 Å². The molecule has 0 atom stereocenters. The monoisotopic (exact) mass is 401 g/mol. The van der Waals surface area contributed by atoms with Crippen molar-refractivity contribution in [1.29, 1.82) is 0 Å². The van der Waals surface area contributed by atoms with Gasteiger partial charge >= 0.3 is 6.18 Å². The summed E-state index contributed by atoms with van der Waals surface area (Å²) in [4.78, 5) is 16.3. The molecule has 4 rings (SSSR count). The molecule has 1 aromatic carbocycles. The highest BCUT2D eigenvalue weighted by Crippen LogP contribution is 2.36. The number of alkyl halides is 3. The third-order valence-electron chi connectivity index (χ3n) is 4.83. The molecule has 9 heteroatoms. The van der Waals surface area contributed by atoms with Gasteiger partial charge in [0.05, 0.1) is 16.9 Å². The zero-order valence-corrected chi connectivity index (χ0v) is 15.5. The van der Waals surface area contributed by atoms with Crippen molar-refractivity contribution in [3.63, 3.8) is 0 Å². The molecule has 0 fully saturated rings. The molecule has 2 aromatic heterocycles. The van der Waals surface area contributed by atoms with E-state index in [0.29, 0.717) is 29.9 Å². The number of aromatic nitrogens is 3. The van der Waals surface area contributed by atoms with Crippen LogP contribution in [0.3, 0.4) is 0 Å². The van der Waals surface area contributed by atoms with Gasteiger partial charge in [-0.15, -0.1) is 0 Å². The van der Waals surface area contributed by atoms with Crippen molar-refractivity contribution >= 4 is 11.6 Å². The predicted molar refractivity (Wildman–Crippen MR) is 101 cm³/mol. The topological polar surface area (TPSA) is 71.8 Å². The Balaban J connectivity index is 1.63. The normalized spacial score (nSPS) is 13.8. The van der Waals surface area contributed by atoms with Crippen LogP contribution in [0.1, 0.15) is 32.9 Å². The number of hydrogen-bond donors (Lipinski definition) is 2. The van der Waals surface area contributed by atoms with Gasteiger partial charge in [0.25, 0.3) is 5.91 Å². The summed E-state index contributed by atoms with van der Waals surface area (Å²) in [5.74, 6) is -0.333. The molecule has 150 valence electrons. The van der Waals surface area contributed by atoms with Crippen LogP contribution in [0.5, 0.6) is 0 Å². The molecule has 1 aliphatic rings. The third kappa shape index (κ3) is 3.73. The quantitative estimate of drug-likeness (QED) is 0.705. The van der Waals surface area contributed by atoms with Crippen LogP contribution < -0.4 is 10.6 Å². The number of amides is 1. The molecule has 2 N–H and O–H groups in total. The van der Waals surface area contributed by atoms with Crippen LogP contribution in [0.25, 0.3) is 5.69 Å². The zero-order valence-electron chi connectivity index (χ0n) is 15.5. The van der Waals surface area contributed by atoms with Crippen LogP contribution in [-0.2, 0) is 19.1 Å². The molecular weight excluding hydrogens is 383 g/mol. The number of rotatable bonds is 3. The van der Waals surface area contributed by atoms with Gasteiger partial charge in [-0.05, 0) is 42.8 Å². The van der Waals surface area contributed by atoms with Crippen molar-refractivity contribution in [3.05, 3.63) is 70.8 Å². The summed E-state index contributed by atoms with van der Waals surface area (Å²) >= 11 is 0. The van der Waals surface area contributed by atoms with E-state index in [0.717, 1.165) is 10.2 Å². The maximum Gasteiger partial charge on any atom is 0.433 e. The lowest BCUT2D eigenvalue weighted by molar-refractivity contribution is -0.143. The third-order valence-corrected chi connectivity index (χ3v) is 4.83. The average Bonchev–Trinajstić information content (AvgIpc) is 3.09. The Morgan fingerprint density at radius 3 is 2.66 bits per heavy atom. The zero-order chi connectivity index (χ0) is 20.6. The summed E-state index contributed by atoms with van der Waals surface area (Å²) in [6.07, 6.45) is -1.01. The Labute approximate surface area is 164 Å². The molecule has 0 aliphatic carbocycles.